The Balaban J connectivity index is 1.98. The Hall–Kier alpha value is -1.06. The van der Waals surface area contributed by atoms with Gasteiger partial charge in [0.25, 0.3) is 0 Å². The van der Waals surface area contributed by atoms with E-state index in [4.69, 9.17) is 4.74 Å². The Labute approximate surface area is 103 Å². The molecule has 1 aliphatic rings. The Bertz CT molecular complexity index is 348. The van der Waals surface area contributed by atoms with Gasteiger partial charge in [0.15, 0.2) is 0 Å². The zero-order valence-corrected chi connectivity index (χ0v) is 10.4. The monoisotopic (exact) mass is 235 g/mol. The van der Waals surface area contributed by atoms with Crippen molar-refractivity contribution in [1.29, 1.82) is 0 Å². The molecule has 0 amide bonds. The highest BCUT2D eigenvalue weighted by atomic mass is 16.5. The van der Waals surface area contributed by atoms with Gasteiger partial charge in [-0.3, -0.25) is 0 Å². The highest BCUT2D eigenvalue weighted by molar-refractivity contribution is 5.27. The van der Waals surface area contributed by atoms with E-state index in [1.807, 2.05) is 19.2 Å². The molecule has 1 heterocycles. The van der Waals surface area contributed by atoms with E-state index in [0.29, 0.717) is 17.7 Å². The lowest BCUT2D eigenvalue weighted by molar-refractivity contribution is 0.0405. The van der Waals surface area contributed by atoms with E-state index in [2.05, 4.69) is 11.4 Å². The molecule has 0 aliphatic carbocycles. The minimum atomic E-state index is 0.345. The van der Waals surface area contributed by atoms with Crippen LogP contribution in [0.3, 0.4) is 0 Å². The molecule has 0 spiro atoms. The number of rotatable bonds is 4. The smallest absolute Gasteiger partial charge is 0.115 e. The minimum Gasteiger partial charge on any atom is -0.508 e. The second-order valence-corrected chi connectivity index (χ2v) is 4.75. The van der Waals surface area contributed by atoms with Crippen molar-refractivity contribution in [1.82, 2.24) is 5.32 Å². The average Bonchev–Trinajstić information content (AvgIpc) is 2.37. The Morgan fingerprint density at radius 1 is 1.53 bits per heavy atom. The number of phenolic OH excluding ortho intramolecular Hbond substituents is 1. The molecule has 1 saturated heterocycles. The molecular weight excluding hydrogens is 214 g/mol. The molecule has 1 aromatic rings. The molecule has 17 heavy (non-hydrogen) atoms. The van der Waals surface area contributed by atoms with Crippen molar-refractivity contribution in [3.05, 3.63) is 29.8 Å². The normalized spacial score (nSPS) is 22.3. The van der Waals surface area contributed by atoms with E-state index in [-0.39, 0.29) is 0 Å². The molecule has 1 aliphatic heterocycles. The van der Waals surface area contributed by atoms with Gasteiger partial charge < -0.3 is 15.2 Å². The topological polar surface area (TPSA) is 41.5 Å². The van der Waals surface area contributed by atoms with Gasteiger partial charge >= 0.3 is 0 Å². The van der Waals surface area contributed by atoms with Crippen LogP contribution in [-0.4, -0.2) is 31.4 Å². The lowest BCUT2D eigenvalue weighted by Crippen LogP contribution is -2.39. The predicted octanol–water partition coefficient (Wildman–Crippen LogP) is 1.95. The number of aromatic hydroxyl groups is 1. The molecule has 2 N–H and O–H groups in total. The molecule has 0 radical (unpaired) electrons. The third-order valence-corrected chi connectivity index (χ3v) is 3.50. The SMILES string of the molecule is CNC(Cc1cccc(O)c1)C1CCCOC1. The van der Waals surface area contributed by atoms with Crippen molar-refractivity contribution in [3.8, 4) is 5.75 Å². The number of phenols is 1. The van der Waals surface area contributed by atoms with Crippen LogP contribution in [0.25, 0.3) is 0 Å². The lowest BCUT2D eigenvalue weighted by atomic mass is 9.89. The van der Waals surface area contributed by atoms with Crippen molar-refractivity contribution in [2.75, 3.05) is 20.3 Å². The van der Waals surface area contributed by atoms with E-state index in [9.17, 15) is 5.11 Å². The first kappa shape index (κ1) is 12.4. The van der Waals surface area contributed by atoms with Crippen LogP contribution in [0.2, 0.25) is 0 Å². The van der Waals surface area contributed by atoms with Crippen LogP contribution < -0.4 is 5.32 Å². The van der Waals surface area contributed by atoms with Crippen molar-refractivity contribution < 1.29 is 9.84 Å². The van der Waals surface area contributed by atoms with Crippen LogP contribution in [-0.2, 0) is 11.2 Å². The van der Waals surface area contributed by atoms with Crippen molar-refractivity contribution in [3.63, 3.8) is 0 Å². The molecule has 1 fully saturated rings. The maximum absolute atomic E-state index is 9.46. The number of ether oxygens (including phenoxy) is 1. The molecule has 3 nitrogen and oxygen atoms in total. The van der Waals surface area contributed by atoms with Crippen LogP contribution in [0.1, 0.15) is 18.4 Å². The maximum atomic E-state index is 9.46. The largest absolute Gasteiger partial charge is 0.508 e. The highest BCUT2D eigenvalue weighted by Gasteiger charge is 2.23. The molecule has 3 heteroatoms. The van der Waals surface area contributed by atoms with Gasteiger partial charge in [0, 0.05) is 12.6 Å². The van der Waals surface area contributed by atoms with Gasteiger partial charge in [-0.2, -0.15) is 0 Å². The summed E-state index contributed by atoms with van der Waals surface area (Å²) in [6, 6.07) is 7.94. The standard InChI is InChI=1S/C14H21NO2/c1-15-14(12-5-3-7-17-10-12)9-11-4-2-6-13(16)8-11/h2,4,6,8,12,14-16H,3,5,7,9-10H2,1H3. The van der Waals surface area contributed by atoms with Crippen molar-refractivity contribution in [2.24, 2.45) is 5.92 Å². The summed E-state index contributed by atoms with van der Waals surface area (Å²) in [5.41, 5.74) is 1.18. The third-order valence-electron chi connectivity index (χ3n) is 3.50. The predicted molar refractivity (Wildman–Crippen MR) is 68.2 cm³/mol. The summed E-state index contributed by atoms with van der Waals surface area (Å²) in [5.74, 6) is 0.924. The van der Waals surface area contributed by atoms with Crippen LogP contribution in [0.4, 0.5) is 0 Å². The highest BCUT2D eigenvalue weighted by Crippen LogP contribution is 2.21. The van der Waals surface area contributed by atoms with Gasteiger partial charge in [0.2, 0.25) is 0 Å². The van der Waals surface area contributed by atoms with Crippen molar-refractivity contribution in [2.45, 2.75) is 25.3 Å². The van der Waals surface area contributed by atoms with Crippen LogP contribution in [0.5, 0.6) is 5.75 Å². The quantitative estimate of drug-likeness (QED) is 0.838. The zero-order chi connectivity index (χ0) is 12.1. The second-order valence-electron chi connectivity index (χ2n) is 4.75. The minimum absolute atomic E-state index is 0.345. The van der Waals surface area contributed by atoms with E-state index >= 15 is 0 Å². The Kier molecular flexibility index (Phi) is 4.40. The van der Waals surface area contributed by atoms with Crippen LogP contribution in [0.15, 0.2) is 24.3 Å². The molecule has 2 atom stereocenters. The fraction of sp³-hybridized carbons (Fsp3) is 0.571. The number of hydrogen-bond donors (Lipinski definition) is 2. The zero-order valence-electron chi connectivity index (χ0n) is 10.4. The first-order valence-corrected chi connectivity index (χ1v) is 6.32. The second kappa shape index (κ2) is 6.03. The summed E-state index contributed by atoms with van der Waals surface area (Å²) < 4.78 is 5.54. The van der Waals surface area contributed by atoms with Gasteiger partial charge in [-0.15, -0.1) is 0 Å². The summed E-state index contributed by atoms with van der Waals surface area (Å²) in [6.07, 6.45) is 3.33. The molecule has 0 aromatic heterocycles. The van der Waals surface area contributed by atoms with Gasteiger partial charge in [-0.1, -0.05) is 12.1 Å². The van der Waals surface area contributed by atoms with Gasteiger partial charge in [-0.25, -0.2) is 0 Å². The van der Waals surface area contributed by atoms with E-state index in [0.717, 1.165) is 26.1 Å². The molecular formula is C14H21NO2. The number of benzene rings is 1. The summed E-state index contributed by atoms with van der Waals surface area (Å²) >= 11 is 0. The molecule has 0 saturated carbocycles. The average molecular weight is 235 g/mol. The molecule has 0 bridgehead atoms. The maximum Gasteiger partial charge on any atom is 0.115 e. The summed E-state index contributed by atoms with van der Waals surface area (Å²) in [6.45, 7) is 1.75. The van der Waals surface area contributed by atoms with Gasteiger partial charge in [0.05, 0.1) is 6.61 Å². The van der Waals surface area contributed by atoms with E-state index in [1.165, 1.54) is 12.0 Å². The van der Waals surface area contributed by atoms with Crippen LogP contribution in [0, 0.1) is 5.92 Å². The lowest BCUT2D eigenvalue weighted by Gasteiger charge is -2.30. The van der Waals surface area contributed by atoms with Crippen molar-refractivity contribution >= 4 is 0 Å². The third kappa shape index (κ3) is 3.45. The van der Waals surface area contributed by atoms with Gasteiger partial charge in [0.1, 0.15) is 5.75 Å². The number of hydrogen-bond acceptors (Lipinski definition) is 3. The van der Waals surface area contributed by atoms with Crippen LogP contribution >= 0.6 is 0 Å². The number of likely N-dealkylation sites (N-methyl/N-ethyl adjacent to an activating group) is 1. The summed E-state index contributed by atoms with van der Waals surface area (Å²) in [4.78, 5) is 0. The molecule has 94 valence electrons. The fourth-order valence-corrected chi connectivity index (χ4v) is 2.52. The number of nitrogens with one attached hydrogen (secondary N) is 1. The molecule has 2 rings (SSSR count). The first-order valence-electron chi connectivity index (χ1n) is 6.32. The Morgan fingerprint density at radius 2 is 2.41 bits per heavy atom. The fourth-order valence-electron chi connectivity index (χ4n) is 2.52. The summed E-state index contributed by atoms with van der Waals surface area (Å²) in [5, 5.41) is 12.8. The van der Waals surface area contributed by atoms with Gasteiger partial charge in [-0.05, 0) is 49.9 Å². The molecule has 1 aromatic carbocycles. The Morgan fingerprint density at radius 3 is 3.06 bits per heavy atom. The first-order chi connectivity index (χ1) is 8.29. The van der Waals surface area contributed by atoms with E-state index in [1.54, 1.807) is 6.07 Å². The molecule has 2 unspecified atom stereocenters. The summed E-state index contributed by atoms with van der Waals surface area (Å²) in [7, 11) is 2.00. The van der Waals surface area contributed by atoms with E-state index < -0.39 is 0 Å².